The molecule has 3 atom stereocenters. The Morgan fingerprint density at radius 2 is 1.44 bits per heavy atom. The summed E-state index contributed by atoms with van der Waals surface area (Å²) in [6.45, 7) is 1.28. The number of guanidine groups is 1. The Labute approximate surface area is 200 Å². The van der Waals surface area contributed by atoms with Crippen LogP contribution >= 0.6 is 0 Å². The van der Waals surface area contributed by atoms with Gasteiger partial charge >= 0.3 is 12.2 Å². The van der Waals surface area contributed by atoms with Crippen molar-refractivity contribution in [2.75, 3.05) is 32.8 Å². The van der Waals surface area contributed by atoms with E-state index in [0.717, 1.165) is 12.8 Å². The highest BCUT2D eigenvalue weighted by molar-refractivity contribution is 5.85. The Morgan fingerprint density at radius 1 is 0.794 bits per heavy atom. The van der Waals surface area contributed by atoms with E-state index in [1.807, 2.05) is 0 Å². The molecule has 0 aromatic rings. The first kappa shape index (κ1) is 31.2. The van der Waals surface area contributed by atoms with Crippen molar-refractivity contribution >= 4 is 24.1 Å². The van der Waals surface area contributed by atoms with Crippen molar-refractivity contribution in [3.05, 3.63) is 0 Å². The zero-order valence-corrected chi connectivity index (χ0v) is 19.9. The predicted molar refractivity (Wildman–Crippen MR) is 129 cm³/mol. The molecule has 0 aliphatic rings. The molecule has 0 heterocycles. The van der Waals surface area contributed by atoms with Crippen LogP contribution in [0, 0.1) is 0 Å². The van der Waals surface area contributed by atoms with Gasteiger partial charge in [0.1, 0.15) is 19.3 Å². The van der Waals surface area contributed by atoms with Crippen LogP contribution in [0.5, 0.6) is 0 Å². The van der Waals surface area contributed by atoms with Gasteiger partial charge in [0, 0.05) is 12.6 Å². The molecule has 14 N–H and O–H groups in total. The van der Waals surface area contributed by atoms with Crippen LogP contribution in [-0.4, -0.2) is 75.0 Å². The van der Waals surface area contributed by atoms with E-state index in [9.17, 15) is 14.4 Å². The molecule has 0 saturated carbocycles. The molecule has 0 radical (unpaired) electrons. The zero-order valence-electron chi connectivity index (χ0n) is 19.9. The molecule has 0 aromatic heterocycles. The number of carbonyl (C=O) groups is 3. The molecule has 0 aromatic carbocycles. The lowest BCUT2D eigenvalue weighted by Gasteiger charge is -2.23. The predicted octanol–water partition coefficient (Wildman–Crippen LogP) is -1.70. The molecular weight excluding hydrogens is 446 g/mol. The average Bonchev–Trinajstić information content (AvgIpc) is 2.78. The highest BCUT2D eigenvalue weighted by Gasteiger charge is 2.24. The molecule has 14 nitrogen and oxygen atoms in total. The van der Waals surface area contributed by atoms with Crippen molar-refractivity contribution in [1.29, 1.82) is 0 Å². The minimum atomic E-state index is -0.936. The molecule has 0 spiro atoms. The maximum absolute atomic E-state index is 12.9. The second-order valence-corrected chi connectivity index (χ2v) is 7.91. The van der Waals surface area contributed by atoms with Crippen LogP contribution in [0.25, 0.3) is 0 Å². The van der Waals surface area contributed by atoms with Gasteiger partial charge in [0.25, 0.3) is 0 Å². The van der Waals surface area contributed by atoms with E-state index in [1.165, 1.54) is 0 Å². The van der Waals surface area contributed by atoms with Gasteiger partial charge in [-0.3, -0.25) is 9.79 Å². The maximum atomic E-state index is 12.9. The Bertz CT molecular complexity index is 617. The molecule has 0 unspecified atom stereocenters. The number of ether oxygens (including phenoxy) is 2. The number of carbonyl (C=O) groups excluding carboxylic acids is 3. The third-order valence-corrected chi connectivity index (χ3v) is 4.79. The number of amides is 3. The van der Waals surface area contributed by atoms with Crippen LogP contribution in [0.3, 0.4) is 0 Å². The standard InChI is InChI=1S/C20H43N9O5/c21-9-3-1-7-15(13-33-19(26)31)28-17(30)16(8-2-4-10-22)29-20(32)34-12-14(23)6-5-11-27-18(24)25/h14-16H,1-13,21-23H2,(H2,26,31)(H,28,30)(H,29,32)(H4,24,25,27)/t14-,15+,16-/m0/s1. The minimum absolute atomic E-state index is 0.00552. The second kappa shape index (κ2) is 19.6. The van der Waals surface area contributed by atoms with Crippen LogP contribution in [0.4, 0.5) is 9.59 Å². The van der Waals surface area contributed by atoms with Crippen LogP contribution in [0.15, 0.2) is 4.99 Å². The van der Waals surface area contributed by atoms with Crippen LogP contribution < -0.4 is 45.0 Å². The van der Waals surface area contributed by atoms with Crippen molar-refractivity contribution in [3.8, 4) is 0 Å². The summed E-state index contributed by atoms with van der Waals surface area (Å²) in [5, 5.41) is 5.37. The Hall–Kier alpha value is -2.84. The zero-order chi connectivity index (χ0) is 25.8. The Kier molecular flexibility index (Phi) is 18.0. The van der Waals surface area contributed by atoms with Gasteiger partial charge in [-0.05, 0) is 58.0 Å². The first-order chi connectivity index (χ1) is 16.2. The molecule has 0 bridgehead atoms. The average molecular weight is 490 g/mol. The van der Waals surface area contributed by atoms with Gasteiger partial charge in [-0.15, -0.1) is 0 Å². The molecule has 0 saturated heterocycles. The normalized spacial score (nSPS) is 13.3. The second-order valence-electron chi connectivity index (χ2n) is 7.91. The van der Waals surface area contributed by atoms with Crippen molar-refractivity contribution < 1.29 is 23.9 Å². The van der Waals surface area contributed by atoms with E-state index >= 15 is 0 Å². The largest absolute Gasteiger partial charge is 0.448 e. The maximum Gasteiger partial charge on any atom is 0.407 e. The van der Waals surface area contributed by atoms with E-state index in [1.54, 1.807) is 0 Å². The van der Waals surface area contributed by atoms with Crippen molar-refractivity contribution in [1.82, 2.24) is 10.6 Å². The SMILES string of the molecule is NCCCC[C@H](COC(N)=O)NC(=O)[C@H](CCCCN)NC(=O)OC[C@@H](N)CCCN=C(N)N. The quantitative estimate of drug-likeness (QED) is 0.0578. The van der Waals surface area contributed by atoms with Gasteiger partial charge in [0.15, 0.2) is 5.96 Å². The van der Waals surface area contributed by atoms with Crippen molar-refractivity contribution in [3.63, 3.8) is 0 Å². The number of nitrogens with zero attached hydrogens (tertiary/aromatic N) is 1. The third kappa shape index (κ3) is 17.7. The third-order valence-electron chi connectivity index (χ3n) is 4.79. The van der Waals surface area contributed by atoms with E-state index in [4.69, 9.17) is 43.9 Å². The highest BCUT2D eigenvalue weighted by Crippen LogP contribution is 2.06. The van der Waals surface area contributed by atoms with Gasteiger partial charge in [-0.25, -0.2) is 9.59 Å². The molecule has 14 heteroatoms. The molecule has 198 valence electrons. The lowest BCUT2D eigenvalue weighted by atomic mass is 10.1. The Morgan fingerprint density at radius 3 is 2.03 bits per heavy atom. The summed E-state index contributed by atoms with van der Waals surface area (Å²) in [5.74, 6) is -0.424. The number of rotatable bonds is 19. The summed E-state index contributed by atoms with van der Waals surface area (Å²) < 4.78 is 10.0. The fourth-order valence-electron chi connectivity index (χ4n) is 2.99. The number of unbranched alkanes of at least 4 members (excludes halogenated alkanes) is 2. The van der Waals surface area contributed by atoms with Crippen LogP contribution in [0.1, 0.15) is 51.4 Å². The number of nitrogens with one attached hydrogen (secondary N) is 2. The highest BCUT2D eigenvalue weighted by atomic mass is 16.6. The molecule has 0 aliphatic heterocycles. The summed E-state index contributed by atoms with van der Waals surface area (Å²) in [6.07, 6.45) is 3.15. The lowest BCUT2D eigenvalue weighted by molar-refractivity contribution is -0.124. The van der Waals surface area contributed by atoms with E-state index in [0.29, 0.717) is 58.2 Å². The monoisotopic (exact) mass is 489 g/mol. The van der Waals surface area contributed by atoms with Crippen LogP contribution in [-0.2, 0) is 14.3 Å². The number of nitrogens with two attached hydrogens (primary N) is 6. The molecule has 0 fully saturated rings. The number of hydrogen-bond donors (Lipinski definition) is 8. The fourth-order valence-corrected chi connectivity index (χ4v) is 2.99. The topological polar surface area (TPSA) is 262 Å². The van der Waals surface area contributed by atoms with Crippen molar-refractivity contribution in [2.24, 2.45) is 39.4 Å². The smallest absolute Gasteiger partial charge is 0.407 e. The Balaban J connectivity index is 4.80. The minimum Gasteiger partial charge on any atom is -0.448 e. The number of alkyl carbamates (subject to hydrolysis) is 1. The van der Waals surface area contributed by atoms with Gasteiger partial charge in [-0.2, -0.15) is 0 Å². The first-order valence-electron chi connectivity index (χ1n) is 11.6. The number of primary amides is 1. The summed E-state index contributed by atoms with van der Waals surface area (Å²) in [5.41, 5.74) is 32.5. The van der Waals surface area contributed by atoms with E-state index in [2.05, 4.69) is 15.6 Å². The summed E-state index contributed by atoms with van der Waals surface area (Å²) in [7, 11) is 0. The van der Waals surface area contributed by atoms with Crippen LogP contribution in [0.2, 0.25) is 0 Å². The van der Waals surface area contributed by atoms with Gasteiger partial charge < -0.3 is 54.5 Å². The molecular formula is C20H43N9O5. The van der Waals surface area contributed by atoms with Gasteiger partial charge in [-0.1, -0.05) is 6.42 Å². The summed E-state index contributed by atoms with van der Waals surface area (Å²) in [4.78, 5) is 40.0. The summed E-state index contributed by atoms with van der Waals surface area (Å²) in [6, 6.07) is -1.73. The number of hydrogen-bond acceptors (Lipinski definition) is 9. The first-order valence-corrected chi connectivity index (χ1v) is 11.6. The van der Waals surface area contributed by atoms with E-state index < -0.39 is 36.2 Å². The fraction of sp³-hybridized carbons (Fsp3) is 0.800. The molecule has 3 amide bonds. The van der Waals surface area contributed by atoms with Gasteiger partial charge in [0.2, 0.25) is 5.91 Å². The molecule has 0 aliphatic carbocycles. The molecule has 0 rings (SSSR count). The molecule has 34 heavy (non-hydrogen) atoms. The van der Waals surface area contributed by atoms with Crippen molar-refractivity contribution in [2.45, 2.75) is 69.5 Å². The number of aliphatic imine (C=N–C) groups is 1. The summed E-state index contributed by atoms with van der Waals surface area (Å²) >= 11 is 0. The van der Waals surface area contributed by atoms with Gasteiger partial charge in [0.05, 0.1) is 6.04 Å². The van der Waals surface area contributed by atoms with E-state index in [-0.39, 0.29) is 19.2 Å². The lowest BCUT2D eigenvalue weighted by Crippen LogP contribution is -2.51.